The van der Waals surface area contributed by atoms with Crippen molar-refractivity contribution in [2.75, 3.05) is 38.5 Å². The van der Waals surface area contributed by atoms with Gasteiger partial charge in [0.25, 0.3) is 5.91 Å². The number of hydrogen-bond acceptors (Lipinski definition) is 5. The molecule has 1 amide bonds. The number of nitrogens with two attached hydrogens (primary N) is 1. The summed E-state index contributed by atoms with van der Waals surface area (Å²) in [5.41, 5.74) is 8.90. The van der Waals surface area contributed by atoms with Gasteiger partial charge in [0.15, 0.2) is 5.78 Å². The Morgan fingerprint density at radius 2 is 1.71 bits per heavy atom. The van der Waals surface area contributed by atoms with E-state index in [4.69, 9.17) is 17.3 Å². The van der Waals surface area contributed by atoms with Gasteiger partial charge in [-0.15, -0.1) is 0 Å². The molecule has 2 aliphatic rings. The summed E-state index contributed by atoms with van der Waals surface area (Å²) < 4.78 is 0. The second-order valence-electron chi connectivity index (χ2n) is 9.66. The largest absolute Gasteiger partial charge is 0.398 e. The zero-order valence-electron chi connectivity index (χ0n) is 20.3. The van der Waals surface area contributed by atoms with Crippen molar-refractivity contribution < 1.29 is 9.59 Å². The number of benzene rings is 2. The maximum Gasteiger partial charge on any atom is 0.257 e. The standard InChI is InChI=1S/C27H35ClN4O2/c1-18-17-31(15-16-32(18)19(2)21-7-9-22(10-8-21)20(3)33)23-11-13-30(14-12-23)27(34)26-24(28)5-4-6-25(26)29/h4-10,18-19,23H,11-17,29H2,1-3H3/t18-,19-/m0/s1. The lowest BCUT2D eigenvalue weighted by atomic mass is 9.98. The van der Waals surface area contributed by atoms with Gasteiger partial charge in [0.05, 0.1) is 10.6 Å². The van der Waals surface area contributed by atoms with Gasteiger partial charge in [-0.3, -0.25) is 19.4 Å². The fourth-order valence-corrected chi connectivity index (χ4v) is 5.72. The highest BCUT2D eigenvalue weighted by atomic mass is 35.5. The number of rotatable bonds is 5. The average Bonchev–Trinajstić information content (AvgIpc) is 2.83. The van der Waals surface area contributed by atoms with Gasteiger partial charge in [-0.05, 0) is 51.3 Å². The van der Waals surface area contributed by atoms with E-state index in [2.05, 4.69) is 35.8 Å². The molecule has 7 heteroatoms. The Bertz CT molecular complexity index is 1010. The van der Waals surface area contributed by atoms with Gasteiger partial charge in [0, 0.05) is 62.1 Å². The maximum absolute atomic E-state index is 13.0. The first-order valence-corrected chi connectivity index (χ1v) is 12.6. The van der Waals surface area contributed by atoms with Crippen molar-refractivity contribution in [3.63, 3.8) is 0 Å². The van der Waals surface area contributed by atoms with Crippen molar-refractivity contribution >= 4 is 29.0 Å². The molecule has 0 aromatic heterocycles. The average molecular weight is 483 g/mol. The Labute approximate surface area is 207 Å². The van der Waals surface area contributed by atoms with Crippen molar-refractivity contribution in [1.29, 1.82) is 0 Å². The lowest BCUT2D eigenvalue weighted by molar-refractivity contribution is 0.0135. The van der Waals surface area contributed by atoms with Gasteiger partial charge < -0.3 is 10.6 Å². The van der Waals surface area contributed by atoms with Crippen LogP contribution in [0, 0.1) is 0 Å². The van der Waals surface area contributed by atoms with Crippen LogP contribution in [-0.2, 0) is 0 Å². The number of carbonyl (C=O) groups excluding carboxylic acids is 2. The molecule has 0 aliphatic carbocycles. The van der Waals surface area contributed by atoms with Crippen LogP contribution >= 0.6 is 11.6 Å². The number of carbonyl (C=O) groups is 2. The third-order valence-corrected chi connectivity index (χ3v) is 7.85. The van der Waals surface area contributed by atoms with Gasteiger partial charge in [-0.2, -0.15) is 0 Å². The highest BCUT2D eigenvalue weighted by molar-refractivity contribution is 6.34. The fraction of sp³-hybridized carbons (Fsp3) is 0.481. The van der Waals surface area contributed by atoms with Crippen LogP contribution < -0.4 is 5.73 Å². The molecule has 2 atom stereocenters. The third kappa shape index (κ3) is 5.14. The summed E-state index contributed by atoms with van der Waals surface area (Å²) in [4.78, 5) is 31.6. The monoisotopic (exact) mass is 482 g/mol. The minimum Gasteiger partial charge on any atom is -0.398 e. The highest BCUT2D eigenvalue weighted by Gasteiger charge is 2.34. The van der Waals surface area contributed by atoms with Gasteiger partial charge >= 0.3 is 0 Å². The lowest BCUT2D eigenvalue weighted by Crippen LogP contribution is -2.57. The van der Waals surface area contributed by atoms with Crippen molar-refractivity contribution in [2.24, 2.45) is 0 Å². The molecular formula is C27H35ClN4O2. The smallest absolute Gasteiger partial charge is 0.257 e. The molecule has 2 N–H and O–H groups in total. The Morgan fingerprint density at radius 1 is 1.03 bits per heavy atom. The van der Waals surface area contributed by atoms with E-state index in [9.17, 15) is 9.59 Å². The van der Waals surface area contributed by atoms with E-state index < -0.39 is 0 Å². The predicted octanol–water partition coefficient (Wildman–Crippen LogP) is 4.50. The molecule has 2 fully saturated rings. The lowest BCUT2D eigenvalue weighted by Gasteiger charge is -2.47. The number of Topliss-reactive ketones (excluding diaryl/α,β-unsaturated/α-hetero) is 1. The van der Waals surface area contributed by atoms with Gasteiger partial charge in [0.2, 0.25) is 0 Å². The van der Waals surface area contributed by atoms with Crippen LogP contribution in [0.2, 0.25) is 5.02 Å². The van der Waals surface area contributed by atoms with Crippen LogP contribution in [0.5, 0.6) is 0 Å². The Hall–Kier alpha value is -2.41. The molecule has 4 rings (SSSR count). The Kier molecular flexibility index (Phi) is 7.60. The predicted molar refractivity (Wildman–Crippen MR) is 137 cm³/mol. The van der Waals surface area contributed by atoms with E-state index in [0.29, 0.717) is 34.4 Å². The van der Waals surface area contributed by atoms with Gasteiger partial charge in [0.1, 0.15) is 0 Å². The molecule has 0 radical (unpaired) electrons. The second-order valence-corrected chi connectivity index (χ2v) is 10.1. The number of ketones is 1. The quantitative estimate of drug-likeness (QED) is 0.502. The van der Waals surface area contributed by atoms with Crippen LogP contribution in [0.4, 0.5) is 5.69 Å². The number of nitrogens with zero attached hydrogens (tertiary/aromatic N) is 3. The van der Waals surface area contributed by atoms with Crippen LogP contribution in [0.3, 0.4) is 0 Å². The van der Waals surface area contributed by atoms with Crippen LogP contribution in [0.1, 0.15) is 65.9 Å². The Morgan fingerprint density at radius 3 is 2.29 bits per heavy atom. The molecule has 34 heavy (non-hydrogen) atoms. The van der Waals surface area contributed by atoms with Crippen LogP contribution in [0.25, 0.3) is 0 Å². The molecule has 2 saturated heterocycles. The first kappa shape index (κ1) is 24.7. The molecule has 0 spiro atoms. The molecule has 6 nitrogen and oxygen atoms in total. The van der Waals surface area contributed by atoms with Crippen molar-refractivity contribution in [2.45, 2.75) is 51.7 Å². The summed E-state index contributed by atoms with van der Waals surface area (Å²) in [6.07, 6.45) is 1.93. The third-order valence-electron chi connectivity index (χ3n) is 7.54. The minimum atomic E-state index is -0.0654. The molecule has 0 saturated carbocycles. The SMILES string of the molecule is CC(=O)c1ccc([C@H](C)N2CCN(C3CCN(C(=O)c4c(N)cccc4Cl)CC3)C[C@@H]2C)cc1. The number of nitrogen functional groups attached to an aromatic ring is 1. The molecule has 2 aromatic carbocycles. The van der Waals surface area contributed by atoms with Crippen molar-refractivity contribution in [3.8, 4) is 0 Å². The maximum atomic E-state index is 13.0. The summed E-state index contributed by atoms with van der Waals surface area (Å²) in [5, 5.41) is 0.419. The molecule has 182 valence electrons. The number of amides is 1. The van der Waals surface area contributed by atoms with E-state index in [1.54, 1.807) is 25.1 Å². The zero-order chi connectivity index (χ0) is 24.4. The zero-order valence-corrected chi connectivity index (χ0v) is 21.1. The van der Waals surface area contributed by atoms with Gasteiger partial charge in [-0.1, -0.05) is 41.9 Å². The van der Waals surface area contributed by atoms with Crippen LogP contribution in [0.15, 0.2) is 42.5 Å². The van der Waals surface area contributed by atoms with E-state index in [1.807, 2.05) is 17.0 Å². The number of piperidine rings is 1. The highest BCUT2D eigenvalue weighted by Crippen LogP contribution is 2.29. The molecular weight excluding hydrogens is 448 g/mol. The fourth-order valence-electron chi connectivity index (χ4n) is 5.45. The number of anilines is 1. The number of likely N-dealkylation sites (tertiary alicyclic amines) is 1. The molecule has 0 unspecified atom stereocenters. The minimum absolute atomic E-state index is 0.0654. The number of halogens is 1. The summed E-state index contributed by atoms with van der Waals surface area (Å²) in [7, 11) is 0. The van der Waals surface area contributed by atoms with E-state index in [1.165, 1.54) is 5.56 Å². The first-order chi connectivity index (χ1) is 16.3. The summed E-state index contributed by atoms with van der Waals surface area (Å²) in [5.74, 6) is 0.0358. The Balaban J connectivity index is 1.32. The topological polar surface area (TPSA) is 69.9 Å². The first-order valence-electron chi connectivity index (χ1n) is 12.2. The summed E-state index contributed by atoms with van der Waals surface area (Å²) in [6, 6.07) is 14.5. The summed E-state index contributed by atoms with van der Waals surface area (Å²) >= 11 is 6.26. The van der Waals surface area contributed by atoms with Crippen LogP contribution in [-0.4, -0.2) is 71.2 Å². The normalized spacial score (nSPS) is 21.4. The van der Waals surface area contributed by atoms with Gasteiger partial charge in [-0.25, -0.2) is 0 Å². The number of piperazine rings is 1. The van der Waals surface area contributed by atoms with Crippen molar-refractivity contribution in [1.82, 2.24) is 14.7 Å². The summed E-state index contributed by atoms with van der Waals surface area (Å²) in [6.45, 7) is 10.6. The molecule has 2 aliphatic heterocycles. The second kappa shape index (κ2) is 10.5. The van der Waals surface area contributed by atoms with Crippen molar-refractivity contribution in [3.05, 3.63) is 64.2 Å². The molecule has 0 bridgehead atoms. The molecule has 2 heterocycles. The number of hydrogen-bond donors (Lipinski definition) is 1. The molecule has 2 aromatic rings. The van der Waals surface area contributed by atoms with E-state index in [-0.39, 0.29) is 11.7 Å². The van der Waals surface area contributed by atoms with E-state index >= 15 is 0 Å². The van der Waals surface area contributed by atoms with E-state index in [0.717, 1.165) is 51.1 Å².